The van der Waals surface area contributed by atoms with Crippen molar-refractivity contribution >= 4 is 29.0 Å². The Bertz CT molecular complexity index is 932. The summed E-state index contributed by atoms with van der Waals surface area (Å²) in [5.41, 5.74) is 0.244. The van der Waals surface area contributed by atoms with Crippen LogP contribution in [0.25, 0.3) is 0 Å². The molecule has 0 spiro atoms. The fourth-order valence-corrected chi connectivity index (χ4v) is 4.06. The van der Waals surface area contributed by atoms with E-state index in [-0.39, 0.29) is 30.5 Å². The number of piperidine rings is 1. The minimum Gasteiger partial charge on any atom is -0.490 e. The highest BCUT2D eigenvalue weighted by Gasteiger charge is 2.19. The third-order valence-corrected chi connectivity index (χ3v) is 5.93. The Kier molecular flexibility index (Phi) is 8.06. The first-order valence-electron chi connectivity index (χ1n) is 10.4. The molecule has 0 saturated carbocycles. The van der Waals surface area contributed by atoms with Crippen molar-refractivity contribution in [3.05, 3.63) is 45.6 Å². The molecule has 7 nitrogen and oxygen atoms in total. The van der Waals surface area contributed by atoms with Gasteiger partial charge in [-0.1, -0.05) is 0 Å². The standard InChI is InChI=1S/C23H27NO6S/c1-3-28-20-13-17(23(27)30-14-18(25)21-10-7-16(2)31-21)8-9-19(20)29-15-22(26)24-11-5-4-6-12-24/h7-10,13H,3-6,11-12,14-15H2,1-2H3. The summed E-state index contributed by atoms with van der Waals surface area (Å²) in [6, 6.07) is 8.19. The van der Waals surface area contributed by atoms with Crippen LogP contribution in [0.1, 0.15) is 51.1 Å². The zero-order valence-electron chi connectivity index (χ0n) is 17.8. The molecule has 31 heavy (non-hydrogen) atoms. The van der Waals surface area contributed by atoms with Gasteiger partial charge in [0, 0.05) is 18.0 Å². The summed E-state index contributed by atoms with van der Waals surface area (Å²) in [6.45, 7) is 5.20. The molecule has 0 atom stereocenters. The van der Waals surface area contributed by atoms with Gasteiger partial charge in [0.15, 0.2) is 24.7 Å². The molecule has 166 valence electrons. The van der Waals surface area contributed by atoms with Crippen molar-refractivity contribution in [2.45, 2.75) is 33.1 Å². The third kappa shape index (κ3) is 6.30. The van der Waals surface area contributed by atoms with Gasteiger partial charge in [0.1, 0.15) is 0 Å². The lowest BCUT2D eigenvalue weighted by Gasteiger charge is -2.26. The maximum atomic E-state index is 12.4. The van der Waals surface area contributed by atoms with Crippen LogP contribution in [0.5, 0.6) is 11.5 Å². The molecule has 1 aliphatic heterocycles. The van der Waals surface area contributed by atoms with Crippen LogP contribution >= 0.6 is 11.3 Å². The molecule has 8 heteroatoms. The Hall–Kier alpha value is -2.87. The van der Waals surface area contributed by atoms with Crippen LogP contribution < -0.4 is 9.47 Å². The van der Waals surface area contributed by atoms with Gasteiger partial charge < -0.3 is 19.1 Å². The van der Waals surface area contributed by atoms with Crippen molar-refractivity contribution < 1.29 is 28.6 Å². The smallest absolute Gasteiger partial charge is 0.338 e. The SMILES string of the molecule is CCOc1cc(C(=O)OCC(=O)c2ccc(C)s2)ccc1OCC(=O)N1CCCCC1. The van der Waals surface area contributed by atoms with Gasteiger partial charge >= 0.3 is 5.97 Å². The van der Waals surface area contributed by atoms with E-state index < -0.39 is 5.97 Å². The molecule has 0 unspecified atom stereocenters. The number of rotatable bonds is 9. The lowest BCUT2D eigenvalue weighted by atomic mass is 10.1. The molecule has 1 aromatic carbocycles. The van der Waals surface area contributed by atoms with Gasteiger partial charge in [0.25, 0.3) is 5.91 Å². The minimum atomic E-state index is -0.626. The molecule has 2 aromatic rings. The van der Waals surface area contributed by atoms with Crippen LogP contribution in [0.4, 0.5) is 0 Å². The number of benzene rings is 1. The zero-order chi connectivity index (χ0) is 22.2. The number of thiophene rings is 1. The predicted octanol–water partition coefficient (Wildman–Crippen LogP) is 3.89. The first kappa shape index (κ1) is 22.8. The molecule has 0 aliphatic carbocycles. The number of nitrogens with zero attached hydrogens (tertiary/aromatic N) is 1. The Labute approximate surface area is 185 Å². The van der Waals surface area contributed by atoms with Crippen molar-refractivity contribution in [2.24, 2.45) is 0 Å². The number of carbonyl (C=O) groups is 3. The highest BCUT2D eigenvalue weighted by molar-refractivity contribution is 7.14. The summed E-state index contributed by atoms with van der Waals surface area (Å²) < 4.78 is 16.4. The van der Waals surface area contributed by atoms with Gasteiger partial charge in [-0.15, -0.1) is 11.3 Å². The molecule has 2 heterocycles. The summed E-state index contributed by atoms with van der Waals surface area (Å²) >= 11 is 1.36. The first-order valence-corrected chi connectivity index (χ1v) is 11.2. The van der Waals surface area contributed by atoms with E-state index in [1.807, 2.05) is 24.8 Å². The van der Waals surface area contributed by atoms with E-state index in [1.54, 1.807) is 12.1 Å². The number of aryl methyl sites for hydroxylation is 1. The largest absolute Gasteiger partial charge is 0.490 e. The van der Waals surface area contributed by atoms with Crippen molar-refractivity contribution in [3.8, 4) is 11.5 Å². The summed E-state index contributed by atoms with van der Waals surface area (Å²) in [5.74, 6) is -0.198. The highest BCUT2D eigenvalue weighted by Crippen LogP contribution is 2.29. The summed E-state index contributed by atoms with van der Waals surface area (Å²) in [4.78, 5) is 40.3. The normalized spacial score (nSPS) is 13.5. The fourth-order valence-electron chi connectivity index (χ4n) is 3.27. The Morgan fingerprint density at radius 1 is 0.968 bits per heavy atom. The van der Waals surface area contributed by atoms with E-state index in [0.29, 0.717) is 23.0 Å². The number of hydrogen-bond acceptors (Lipinski definition) is 7. The molecule has 3 rings (SSSR count). The topological polar surface area (TPSA) is 82.1 Å². The van der Waals surface area contributed by atoms with Gasteiger partial charge in [-0.3, -0.25) is 9.59 Å². The number of likely N-dealkylation sites (tertiary alicyclic amines) is 1. The second-order valence-electron chi connectivity index (χ2n) is 7.23. The van der Waals surface area contributed by atoms with Crippen molar-refractivity contribution in [1.82, 2.24) is 4.90 Å². The molecule has 1 amide bonds. The van der Waals surface area contributed by atoms with E-state index >= 15 is 0 Å². The van der Waals surface area contributed by atoms with Gasteiger partial charge in [-0.2, -0.15) is 0 Å². The lowest BCUT2D eigenvalue weighted by molar-refractivity contribution is -0.134. The van der Waals surface area contributed by atoms with Crippen LogP contribution in [-0.2, 0) is 9.53 Å². The number of amides is 1. The maximum absolute atomic E-state index is 12.4. The highest BCUT2D eigenvalue weighted by atomic mass is 32.1. The average Bonchev–Trinajstić information content (AvgIpc) is 3.23. The maximum Gasteiger partial charge on any atom is 0.338 e. The van der Waals surface area contributed by atoms with E-state index in [9.17, 15) is 14.4 Å². The summed E-state index contributed by atoms with van der Waals surface area (Å²) in [7, 11) is 0. The van der Waals surface area contributed by atoms with E-state index in [1.165, 1.54) is 23.5 Å². The Morgan fingerprint density at radius 2 is 1.74 bits per heavy atom. The number of esters is 1. The van der Waals surface area contributed by atoms with E-state index in [4.69, 9.17) is 14.2 Å². The summed E-state index contributed by atoms with van der Waals surface area (Å²) in [5, 5.41) is 0. The number of Topliss-reactive ketones (excluding diaryl/α,β-unsaturated/α-hetero) is 1. The number of hydrogen-bond donors (Lipinski definition) is 0. The molecule has 1 fully saturated rings. The van der Waals surface area contributed by atoms with Crippen molar-refractivity contribution in [1.29, 1.82) is 0 Å². The molecule has 0 N–H and O–H groups in total. The number of ketones is 1. The van der Waals surface area contributed by atoms with Crippen LogP contribution in [0, 0.1) is 6.92 Å². The summed E-state index contributed by atoms with van der Waals surface area (Å²) in [6.07, 6.45) is 3.18. The lowest BCUT2D eigenvalue weighted by Crippen LogP contribution is -2.38. The Balaban J connectivity index is 1.59. The quantitative estimate of drug-likeness (QED) is 0.430. The zero-order valence-corrected chi connectivity index (χ0v) is 18.7. The van der Waals surface area contributed by atoms with Gasteiger partial charge in [-0.25, -0.2) is 4.79 Å². The predicted molar refractivity (Wildman–Crippen MR) is 117 cm³/mol. The monoisotopic (exact) mass is 445 g/mol. The Morgan fingerprint density at radius 3 is 2.42 bits per heavy atom. The van der Waals surface area contributed by atoms with Gasteiger partial charge in [-0.05, 0) is 63.4 Å². The first-order chi connectivity index (χ1) is 15.0. The second kappa shape index (κ2) is 10.9. The van der Waals surface area contributed by atoms with Gasteiger partial charge in [0.2, 0.25) is 5.78 Å². The van der Waals surface area contributed by atoms with Crippen LogP contribution in [0.2, 0.25) is 0 Å². The average molecular weight is 446 g/mol. The molecule has 1 saturated heterocycles. The molecule has 0 radical (unpaired) electrons. The van der Waals surface area contributed by atoms with Crippen LogP contribution in [-0.4, -0.2) is 55.5 Å². The molecule has 1 aromatic heterocycles. The van der Waals surface area contributed by atoms with Crippen molar-refractivity contribution in [3.63, 3.8) is 0 Å². The molecular formula is C23H27NO6S. The second-order valence-corrected chi connectivity index (χ2v) is 8.52. The number of ether oxygens (including phenoxy) is 3. The fraction of sp³-hybridized carbons (Fsp3) is 0.435. The van der Waals surface area contributed by atoms with E-state index in [0.717, 1.165) is 37.2 Å². The van der Waals surface area contributed by atoms with Crippen LogP contribution in [0.3, 0.4) is 0 Å². The minimum absolute atomic E-state index is 0.0621. The van der Waals surface area contributed by atoms with Gasteiger partial charge in [0.05, 0.1) is 17.0 Å². The van der Waals surface area contributed by atoms with Crippen molar-refractivity contribution in [2.75, 3.05) is 32.9 Å². The van der Waals surface area contributed by atoms with E-state index in [2.05, 4.69) is 0 Å². The molecule has 0 bridgehead atoms. The molecular weight excluding hydrogens is 418 g/mol. The molecule has 1 aliphatic rings. The third-order valence-electron chi connectivity index (χ3n) is 4.89. The number of carbonyl (C=O) groups excluding carboxylic acids is 3. The van der Waals surface area contributed by atoms with Crippen LogP contribution in [0.15, 0.2) is 30.3 Å².